The van der Waals surface area contributed by atoms with Crippen molar-refractivity contribution in [3.63, 3.8) is 0 Å². The molecule has 0 aliphatic carbocycles. The van der Waals surface area contributed by atoms with Crippen molar-refractivity contribution in [1.29, 1.82) is 0 Å². The average Bonchev–Trinajstić information content (AvgIpc) is 2.50. The van der Waals surface area contributed by atoms with E-state index in [4.69, 9.17) is 18.9 Å². The second-order valence-corrected chi connectivity index (χ2v) is 4.07. The molecule has 0 heterocycles. The number of benzene rings is 1. The molecular weight excluding hydrogens is 262 g/mol. The Kier molecular flexibility index (Phi) is 6.11. The second kappa shape index (κ2) is 7.59. The number of carbonyl (C=O) groups excluding carboxylic acids is 1. The molecule has 6 heteroatoms. The van der Waals surface area contributed by atoms with Crippen LogP contribution in [-0.4, -0.2) is 41.5 Å². The number of carbonyl (C=O) groups is 1. The third kappa shape index (κ3) is 3.54. The van der Waals surface area contributed by atoms with Gasteiger partial charge in [0.15, 0.2) is 0 Å². The standard InChI is InChI=1S/C14H21NO5/c1-15-10(8-13(16)20-5)14-11(18-3)6-9(17-2)7-12(14)19-4/h6-7,10,15H,8H2,1-5H3. The molecule has 0 saturated carbocycles. The normalized spacial score (nSPS) is 11.7. The average molecular weight is 283 g/mol. The fraction of sp³-hybridized carbons (Fsp3) is 0.500. The van der Waals surface area contributed by atoms with Crippen LogP contribution < -0.4 is 19.5 Å². The number of esters is 1. The molecule has 0 bridgehead atoms. The van der Waals surface area contributed by atoms with Gasteiger partial charge in [-0.2, -0.15) is 0 Å². The summed E-state index contributed by atoms with van der Waals surface area (Å²) in [6.45, 7) is 0. The van der Waals surface area contributed by atoms with Gasteiger partial charge in [-0.15, -0.1) is 0 Å². The lowest BCUT2D eigenvalue weighted by Crippen LogP contribution is -2.22. The maximum absolute atomic E-state index is 11.5. The third-order valence-corrected chi connectivity index (χ3v) is 3.05. The van der Waals surface area contributed by atoms with E-state index in [1.807, 2.05) is 0 Å². The Hall–Kier alpha value is -1.95. The van der Waals surface area contributed by atoms with Gasteiger partial charge in [0.25, 0.3) is 0 Å². The zero-order valence-corrected chi connectivity index (χ0v) is 12.5. The van der Waals surface area contributed by atoms with Crippen LogP contribution in [-0.2, 0) is 9.53 Å². The van der Waals surface area contributed by atoms with Crippen LogP contribution in [0.15, 0.2) is 12.1 Å². The topological polar surface area (TPSA) is 66.0 Å². The van der Waals surface area contributed by atoms with Crippen molar-refractivity contribution in [3.05, 3.63) is 17.7 Å². The van der Waals surface area contributed by atoms with Gasteiger partial charge in [-0.3, -0.25) is 4.79 Å². The molecule has 1 aromatic carbocycles. The smallest absolute Gasteiger partial charge is 0.307 e. The first-order valence-corrected chi connectivity index (χ1v) is 6.15. The number of methoxy groups -OCH3 is 4. The van der Waals surface area contributed by atoms with E-state index in [-0.39, 0.29) is 18.4 Å². The van der Waals surface area contributed by atoms with Crippen LogP contribution in [0.4, 0.5) is 0 Å². The maximum atomic E-state index is 11.5. The second-order valence-electron chi connectivity index (χ2n) is 4.07. The van der Waals surface area contributed by atoms with E-state index < -0.39 is 0 Å². The molecule has 1 N–H and O–H groups in total. The summed E-state index contributed by atoms with van der Waals surface area (Å²) in [5.41, 5.74) is 0.753. The SMILES string of the molecule is CNC(CC(=O)OC)c1c(OC)cc(OC)cc1OC. The highest BCUT2D eigenvalue weighted by molar-refractivity contribution is 5.71. The van der Waals surface area contributed by atoms with Crippen molar-refractivity contribution < 1.29 is 23.7 Å². The van der Waals surface area contributed by atoms with Gasteiger partial charge < -0.3 is 24.3 Å². The number of hydrogen-bond acceptors (Lipinski definition) is 6. The maximum Gasteiger partial charge on any atom is 0.307 e. The molecule has 0 aliphatic heterocycles. The first kappa shape index (κ1) is 16.1. The third-order valence-electron chi connectivity index (χ3n) is 3.05. The highest BCUT2D eigenvalue weighted by Crippen LogP contribution is 2.39. The van der Waals surface area contributed by atoms with Gasteiger partial charge >= 0.3 is 5.97 Å². The number of ether oxygens (including phenoxy) is 4. The van der Waals surface area contributed by atoms with E-state index in [1.54, 1.807) is 40.5 Å². The Bertz CT molecular complexity index is 436. The molecular formula is C14H21NO5. The van der Waals surface area contributed by atoms with Crippen LogP contribution in [0.25, 0.3) is 0 Å². The van der Waals surface area contributed by atoms with Crippen LogP contribution in [0.1, 0.15) is 18.0 Å². The fourth-order valence-electron chi connectivity index (χ4n) is 1.97. The molecule has 6 nitrogen and oxygen atoms in total. The minimum absolute atomic E-state index is 0.173. The molecule has 0 aromatic heterocycles. The summed E-state index contributed by atoms with van der Waals surface area (Å²) in [7, 11) is 7.80. The first-order chi connectivity index (χ1) is 9.60. The van der Waals surface area contributed by atoms with E-state index in [0.717, 1.165) is 5.56 Å². The molecule has 0 radical (unpaired) electrons. The molecule has 0 fully saturated rings. The molecule has 1 atom stereocenters. The Labute approximate surface area is 119 Å². The van der Waals surface area contributed by atoms with E-state index in [2.05, 4.69) is 5.32 Å². The highest BCUT2D eigenvalue weighted by Gasteiger charge is 2.24. The number of nitrogens with one attached hydrogen (secondary N) is 1. The van der Waals surface area contributed by atoms with Gasteiger partial charge in [0.1, 0.15) is 17.2 Å². The van der Waals surface area contributed by atoms with Crippen molar-refractivity contribution in [2.45, 2.75) is 12.5 Å². The van der Waals surface area contributed by atoms with E-state index in [1.165, 1.54) is 7.11 Å². The molecule has 20 heavy (non-hydrogen) atoms. The van der Waals surface area contributed by atoms with Crippen LogP contribution >= 0.6 is 0 Å². The Morgan fingerprint density at radius 1 is 1.10 bits per heavy atom. The molecule has 1 unspecified atom stereocenters. The van der Waals surface area contributed by atoms with Crippen LogP contribution in [0, 0.1) is 0 Å². The van der Waals surface area contributed by atoms with Crippen molar-refractivity contribution in [2.75, 3.05) is 35.5 Å². The van der Waals surface area contributed by atoms with E-state index in [0.29, 0.717) is 17.2 Å². The van der Waals surface area contributed by atoms with Gasteiger partial charge in [-0.1, -0.05) is 0 Å². The monoisotopic (exact) mass is 283 g/mol. The van der Waals surface area contributed by atoms with Gasteiger partial charge in [-0.25, -0.2) is 0 Å². The summed E-state index contributed by atoms with van der Waals surface area (Å²) >= 11 is 0. The molecule has 1 rings (SSSR count). The molecule has 0 aliphatic rings. The molecule has 0 spiro atoms. The Morgan fingerprint density at radius 3 is 2.00 bits per heavy atom. The summed E-state index contributed by atoms with van der Waals surface area (Å²) in [4.78, 5) is 11.5. The minimum Gasteiger partial charge on any atom is -0.496 e. The van der Waals surface area contributed by atoms with Gasteiger partial charge in [-0.05, 0) is 7.05 Å². The lowest BCUT2D eigenvalue weighted by atomic mass is 10.0. The van der Waals surface area contributed by atoms with Crippen molar-refractivity contribution in [1.82, 2.24) is 5.32 Å². The fourth-order valence-corrected chi connectivity index (χ4v) is 1.97. The summed E-state index contributed by atoms with van der Waals surface area (Å²) in [5, 5.41) is 3.07. The Morgan fingerprint density at radius 2 is 1.65 bits per heavy atom. The zero-order valence-electron chi connectivity index (χ0n) is 12.5. The lowest BCUT2D eigenvalue weighted by Gasteiger charge is -2.21. The summed E-state index contributed by atoms with van der Waals surface area (Å²) in [6, 6.07) is 3.22. The lowest BCUT2D eigenvalue weighted by molar-refractivity contribution is -0.141. The zero-order chi connectivity index (χ0) is 15.1. The molecule has 112 valence electrons. The summed E-state index contributed by atoms with van der Waals surface area (Å²) in [6.07, 6.45) is 0.173. The van der Waals surface area contributed by atoms with Gasteiger partial charge in [0.05, 0.1) is 40.4 Å². The highest BCUT2D eigenvalue weighted by atomic mass is 16.5. The minimum atomic E-state index is -0.315. The Balaban J connectivity index is 3.27. The van der Waals surface area contributed by atoms with Crippen molar-refractivity contribution in [3.8, 4) is 17.2 Å². The molecule has 1 aromatic rings. The molecule has 0 saturated heterocycles. The number of rotatable bonds is 7. The van der Waals surface area contributed by atoms with Gasteiger partial charge in [0, 0.05) is 18.2 Å². The van der Waals surface area contributed by atoms with Crippen LogP contribution in [0.2, 0.25) is 0 Å². The summed E-state index contributed by atoms with van der Waals surface area (Å²) in [5.74, 6) is 1.48. The predicted octanol–water partition coefficient (Wildman–Crippen LogP) is 1.54. The predicted molar refractivity (Wildman–Crippen MR) is 74.5 cm³/mol. The largest absolute Gasteiger partial charge is 0.496 e. The quantitative estimate of drug-likeness (QED) is 0.766. The molecule has 0 amide bonds. The first-order valence-electron chi connectivity index (χ1n) is 6.15. The number of hydrogen-bond donors (Lipinski definition) is 1. The van der Waals surface area contributed by atoms with E-state index in [9.17, 15) is 4.79 Å². The van der Waals surface area contributed by atoms with Crippen molar-refractivity contribution >= 4 is 5.97 Å². The van der Waals surface area contributed by atoms with Crippen LogP contribution in [0.3, 0.4) is 0 Å². The summed E-state index contributed by atoms with van der Waals surface area (Å²) < 4.78 is 20.7. The van der Waals surface area contributed by atoms with Crippen LogP contribution in [0.5, 0.6) is 17.2 Å². The van der Waals surface area contributed by atoms with Crippen molar-refractivity contribution in [2.24, 2.45) is 0 Å². The van der Waals surface area contributed by atoms with E-state index >= 15 is 0 Å². The van der Waals surface area contributed by atoms with Gasteiger partial charge in [0.2, 0.25) is 0 Å².